The summed E-state index contributed by atoms with van der Waals surface area (Å²) in [6.45, 7) is 5.79. The Labute approximate surface area is 203 Å². The maximum atomic E-state index is 12.5. The molecule has 0 saturated heterocycles. The van der Waals surface area contributed by atoms with Gasteiger partial charge in [0.05, 0.1) is 19.3 Å². The predicted octanol–water partition coefficient (Wildman–Crippen LogP) is 3.26. The van der Waals surface area contributed by atoms with Gasteiger partial charge in [0.25, 0.3) is 0 Å². The molecule has 184 valence electrons. The van der Waals surface area contributed by atoms with Crippen LogP contribution in [0.1, 0.15) is 38.0 Å². The molecule has 34 heavy (non-hydrogen) atoms. The first kappa shape index (κ1) is 25.9. The number of carbonyl (C=O) groups excluding carboxylic acids is 2. The maximum absolute atomic E-state index is 12.5. The first-order valence-electron chi connectivity index (χ1n) is 11.2. The van der Waals surface area contributed by atoms with E-state index >= 15 is 0 Å². The number of esters is 2. The van der Waals surface area contributed by atoms with Crippen molar-refractivity contribution >= 4 is 23.7 Å². The van der Waals surface area contributed by atoms with Gasteiger partial charge in [0.15, 0.2) is 11.5 Å². The Morgan fingerprint density at radius 2 is 1.74 bits per heavy atom. The van der Waals surface area contributed by atoms with Crippen LogP contribution in [0, 0.1) is 0 Å². The monoisotopic (exact) mass is 489 g/mol. The lowest BCUT2D eigenvalue weighted by Gasteiger charge is -2.22. The minimum Gasteiger partial charge on any atom is -0.460 e. The molecule has 0 saturated carbocycles. The van der Waals surface area contributed by atoms with E-state index in [1.165, 1.54) is 0 Å². The third-order valence-corrected chi connectivity index (χ3v) is 6.01. The fourth-order valence-electron chi connectivity index (χ4n) is 3.58. The summed E-state index contributed by atoms with van der Waals surface area (Å²) in [6, 6.07) is 13.1. The molecule has 2 aromatic carbocycles. The van der Waals surface area contributed by atoms with Gasteiger partial charge in [-0.2, -0.15) is 0 Å². The average molecular weight is 490 g/mol. The lowest BCUT2D eigenvalue weighted by atomic mass is 10.1. The molecule has 9 heteroatoms. The van der Waals surface area contributed by atoms with Gasteiger partial charge < -0.3 is 29.4 Å². The van der Waals surface area contributed by atoms with E-state index in [-0.39, 0.29) is 30.8 Å². The summed E-state index contributed by atoms with van der Waals surface area (Å²) in [5.41, 5.74) is 1.77. The molecule has 2 atom stereocenters. The van der Waals surface area contributed by atoms with E-state index in [0.29, 0.717) is 13.0 Å². The fraction of sp³-hybridized carbons (Fsp3) is 0.440. The van der Waals surface area contributed by atoms with Gasteiger partial charge in [0.1, 0.15) is 0 Å². The highest BCUT2D eigenvalue weighted by molar-refractivity contribution is 7.98. The van der Waals surface area contributed by atoms with Crippen LogP contribution in [-0.2, 0) is 25.5 Å². The van der Waals surface area contributed by atoms with Gasteiger partial charge >= 0.3 is 17.7 Å². The number of benzene rings is 2. The van der Waals surface area contributed by atoms with Gasteiger partial charge in [-0.1, -0.05) is 18.2 Å². The van der Waals surface area contributed by atoms with E-state index in [1.54, 1.807) is 37.7 Å². The van der Waals surface area contributed by atoms with Crippen molar-refractivity contribution in [1.29, 1.82) is 0 Å². The normalized spacial score (nSPS) is 15.4. The number of thioether (sulfide) groups is 1. The number of aliphatic hydroxyl groups is 1. The van der Waals surface area contributed by atoms with Crippen LogP contribution >= 0.6 is 11.8 Å². The number of carbonyl (C=O) groups is 2. The number of hydrogen-bond acceptors (Lipinski definition) is 9. The summed E-state index contributed by atoms with van der Waals surface area (Å²) in [6.07, 6.45) is 2.00. The Bertz CT molecular complexity index is 995. The van der Waals surface area contributed by atoms with E-state index < -0.39 is 23.8 Å². The van der Waals surface area contributed by atoms with Crippen molar-refractivity contribution in [3.8, 4) is 11.5 Å². The van der Waals surface area contributed by atoms with Crippen molar-refractivity contribution in [1.82, 2.24) is 5.32 Å². The van der Waals surface area contributed by atoms with Crippen LogP contribution in [-0.4, -0.2) is 54.9 Å². The number of ether oxygens (including phenoxy) is 4. The van der Waals surface area contributed by atoms with Crippen molar-refractivity contribution in [2.45, 2.75) is 50.0 Å². The Morgan fingerprint density at radius 1 is 1.06 bits per heavy atom. The molecule has 0 aliphatic carbocycles. The zero-order valence-electron chi connectivity index (χ0n) is 19.8. The van der Waals surface area contributed by atoms with E-state index in [4.69, 9.17) is 18.9 Å². The molecule has 3 rings (SSSR count). The van der Waals surface area contributed by atoms with E-state index in [9.17, 15) is 14.7 Å². The van der Waals surface area contributed by atoms with Crippen molar-refractivity contribution in [2.75, 3.05) is 26.0 Å². The zero-order valence-corrected chi connectivity index (χ0v) is 20.6. The maximum Gasteiger partial charge on any atom is 0.453 e. The highest BCUT2D eigenvalue weighted by Gasteiger charge is 2.59. The van der Waals surface area contributed by atoms with E-state index in [0.717, 1.165) is 16.0 Å². The lowest BCUT2D eigenvalue weighted by molar-refractivity contribution is -0.202. The van der Waals surface area contributed by atoms with Gasteiger partial charge in [-0.3, -0.25) is 0 Å². The van der Waals surface area contributed by atoms with E-state index in [2.05, 4.69) is 5.32 Å². The molecule has 0 bridgehead atoms. The predicted molar refractivity (Wildman–Crippen MR) is 128 cm³/mol. The highest BCUT2D eigenvalue weighted by atomic mass is 32.2. The summed E-state index contributed by atoms with van der Waals surface area (Å²) >= 11 is 1.63. The van der Waals surface area contributed by atoms with Crippen LogP contribution in [0.25, 0.3) is 0 Å². The minimum atomic E-state index is -2.30. The van der Waals surface area contributed by atoms with Gasteiger partial charge in [0.2, 0.25) is 0 Å². The Morgan fingerprint density at radius 3 is 2.38 bits per heavy atom. The van der Waals surface area contributed by atoms with Crippen molar-refractivity contribution in [3.63, 3.8) is 0 Å². The molecule has 2 N–H and O–H groups in total. The van der Waals surface area contributed by atoms with Crippen LogP contribution in [0.3, 0.4) is 0 Å². The van der Waals surface area contributed by atoms with Crippen LogP contribution < -0.4 is 14.8 Å². The second-order valence-corrected chi connectivity index (χ2v) is 8.73. The summed E-state index contributed by atoms with van der Waals surface area (Å²) < 4.78 is 21.3. The quantitative estimate of drug-likeness (QED) is 0.280. The topological polar surface area (TPSA) is 103 Å². The lowest BCUT2D eigenvalue weighted by Crippen LogP contribution is -2.55. The summed E-state index contributed by atoms with van der Waals surface area (Å²) in [7, 11) is 0. The van der Waals surface area contributed by atoms with Crippen LogP contribution in [0.2, 0.25) is 0 Å². The molecule has 2 unspecified atom stereocenters. The summed E-state index contributed by atoms with van der Waals surface area (Å²) in [4.78, 5) is 26.1. The van der Waals surface area contributed by atoms with Gasteiger partial charge in [-0.05, 0) is 68.8 Å². The number of nitrogens with one attached hydrogen (secondary N) is 1. The minimum absolute atomic E-state index is 0.0404. The first-order valence-corrected chi connectivity index (χ1v) is 12.5. The largest absolute Gasteiger partial charge is 0.460 e. The van der Waals surface area contributed by atoms with Crippen molar-refractivity contribution < 1.29 is 33.6 Å². The van der Waals surface area contributed by atoms with Crippen LogP contribution in [0.4, 0.5) is 0 Å². The standard InChI is InChI=1S/C25H31NO7S/c1-5-30-23(28)25(24(29)31-6-2)32-21-11-10-17(13-22(21)33-25)12-16(3)26-15-20(27)18-8-7-9-19(14-18)34-4/h7-11,13-14,16,20,26-27H,5-6,12,15H2,1-4H3. The third-order valence-electron chi connectivity index (χ3n) is 5.28. The fourth-order valence-corrected chi connectivity index (χ4v) is 4.05. The molecular weight excluding hydrogens is 458 g/mol. The second-order valence-electron chi connectivity index (χ2n) is 7.85. The number of fused-ring (bicyclic) bond motifs is 1. The number of hydrogen-bond donors (Lipinski definition) is 2. The Balaban J connectivity index is 1.64. The van der Waals surface area contributed by atoms with Gasteiger partial charge in [0, 0.05) is 17.5 Å². The molecular formula is C25H31NO7S. The van der Waals surface area contributed by atoms with Crippen LogP contribution in [0.15, 0.2) is 47.4 Å². The smallest absolute Gasteiger partial charge is 0.453 e. The van der Waals surface area contributed by atoms with Crippen molar-refractivity contribution in [3.05, 3.63) is 53.6 Å². The Hall–Kier alpha value is -2.75. The van der Waals surface area contributed by atoms with Crippen LogP contribution in [0.5, 0.6) is 11.5 Å². The third kappa shape index (κ3) is 5.84. The zero-order chi connectivity index (χ0) is 24.7. The molecule has 1 aliphatic rings. The number of rotatable bonds is 11. The molecule has 2 aromatic rings. The molecule has 0 spiro atoms. The second kappa shape index (κ2) is 11.6. The van der Waals surface area contributed by atoms with Gasteiger partial charge in [-0.25, -0.2) is 9.59 Å². The molecule has 1 heterocycles. The molecule has 8 nitrogen and oxygen atoms in total. The molecule has 0 radical (unpaired) electrons. The average Bonchev–Trinajstić information content (AvgIpc) is 3.23. The number of aliphatic hydroxyl groups excluding tert-OH is 1. The molecule has 0 amide bonds. The van der Waals surface area contributed by atoms with Gasteiger partial charge in [-0.15, -0.1) is 11.8 Å². The van der Waals surface area contributed by atoms with Crippen molar-refractivity contribution in [2.24, 2.45) is 0 Å². The highest BCUT2D eigenvalue weighted by Crippen LogP contribution is 2.41. The molecule has 0 aromatic heterocycles. The Kier molecular flexibility index (Phi) is 8.82. The van der Waals surface area contributed by atoms with E-state index in [1.807, 2.05) is 43.5 Å². The molecule has 1 aliphatic heterocycles. The SMILES string of the molecule is CCOC(=O)C1(C(=O)OCC)Oc2ccc(CC(C)NCC(O)c3cccc(SC)c3)cc2O1. The first-order chi connectivity index (χ1) is 16.3. The summed E-state index contributed by atoms with van der Waals surface area (Å²) in [5, 5.41) is 13.9. The molecule has 0 fully saturated rings. The summed E-state index contributed by atoms with van der Waals surface area (Å²) in [5.74, 6) is -3.69.